The van der Waals surface area contributed by atoms with Crippen LogP contribution in [0.2, 0.25) is 5.02 Å². The fourth-order valence-corrected chi connectivity index (χ4v) is 4.02. The summed E-state index contributed by atoms with van der Waals surface area (Å²) in [7, 11) is 0. The number of piperidine rings is 1. The number of likely N-dealkylation sites (tertiary alicyclic amines) is 1. The van der Waals surface area contributed by atoms with Crippen molar-refractivity contribution in [2.75, 3.05) is 25.0 Å². The number of benzene rings is 2. The van der Waals surface area contributed by atoms with Gasteiger partial charge in [-0.2, -0.15) is 0 Å². The van der Waals surface area contributed by atoms with E-state index < -0.39 is 0 Å². The minimum absolute atomic E-state index is 0.0707. The molecular formula is C22H27ClN2O2. The van der Waals surface area contributed by atoms with Crippen LogP contribution in [0.4, 0.5) is 10.5 Å². The van der Waals surface area contributed by atoms with Crippen LogP contribution in [0, 0.1) is 19.3 Å². The molecule has 2 amide bonds. The van der Waals surface area contributed by atoms with Crippen molar-refractivity contribution in [1.29, 1.82) is 0 Å². The number of aryl methyl sites for hydroxylation is 2. The Bertz CT molecular complexity index is 824. The summed E-state index contributed by atoms with van der Waals surface area (Å²) in [6, 6.07) is 13.6. The summed E-state index contributed by atoms with van der Waals surface area (Å²) in [4.78, 5) is 14.7. The predicted molar refractivity (Wildman–Crippen MR) is 110 cm³/mol. The third-order valence-electron chi connectivity index (χ3n) is 5.55. The highest BCUT2D eigenvalue weighted by Crippen LogP contribution is 2.34. The first-order valence-electron chi connectivity index (χ1n) is 9.40. The molecule has 27 heavy (non-hydrogen) atoms. The highest BCUT2D eigenvalue weighted by atomic mass is 35.5. The number of urea groups is 1. The van der Waals surface area contributed by atoms with Gasteiger partial charge in [-0.05, 0) is 61.9 Å². The van der Waals surface area contributed by atoms with E-state index in [0.717, 1.165) is 30.5 Å². The summed E-state index contributed by atoms with van der Waals surface area (Å²) in [5.74, 6) is 0. The summed E-state index contributed by atoms with van der Waals surface area (Å²) in [5.41, 5.74) is 3.86. The van der Waals surface area contributed by atoms with Crippen LogP contribution >= 0.6 is 11.6 Å². The topological polar surface area (TPSA) is 52.6 Å². The smallest absolute Gasteiger partial charge is 0.321 e. The molecule has 0 unspecified atom stereocenters. The second-order valence-electron chi connectivity index (χ2n) is 7.68. The molecule has 0 bridgehead atoms. The number of aliphatic hydroxyl groups excluding tert-OH is 1. The molecular weight excluding hydrogens is 360 g/mol. The molecule has 144 valence electrons. The van der Waals surface area contributed by atoms with Crippen molar-refractivity contribution < 1.29 is 9.90 Å². The lowest BCUT2D eigenvalue weighted by Crippen LogP contribution is -2.50. The predicted octanol–water partition coefficient (Wildman–Crippen LogP) is 4.81. The molecule has 0 aromatic heterocycles. The van der Waals surface area contributed by atoms with Crippen LogP contribution in [0.1, 0.15) is 29.5 Å². The molecule has 1 aliphatic heterocycles. The largest absolute Gasteiger partial charge is 0.396 e. The third-order valence-corrected chi connectivity index (χ3v) is 5.79. The number of halogens is 1. The number of carbonyl (C=O) groups excluding carboxylic acids is 1. The summed E-state index contributed by atoms with van der Waals surface area (Å²) >= 11 is 6.06. The van der Waals surface area contributed by atoms with Gasteiger partial charge in [-0.25, -0.2) is 4.79 Å². The Hall–Kier alpha value is -2.04. The van der Waals surface area contributed by atoms with Crippen LogP contribution in [0.3, 0.4) is 0 Å². The molecule has 0 saturated carbocycles. The van der Waals surface area contributed by atoms with Gasteiger partial charge in [0.1, 0.15) is 0 Å². The first-order valence-corrected chi connectivity index (χ1v) is 9.78. The van der Waals surface area contributed by atoms with E-state index in [4.69, 9.17) is 11.6 Å². The summed E-state index contributed by atoms with van der Waals surface area (Å²) in [6.07, 6.45) is 2.57. The van der Waals surface area contributed by atoms with Gasteiger partial charge >= 0.3 is 6.03 Å². The van der Waals surface area contributed by atoms with Crippen molar-refractivity contribution >= 4 is 23.3 Å². The van der Waals surface area contributed by atoms with Gasteiger partial charge in [-0.3, -0.25) is 0 Å². The Balaban J connectivity index is 1.74. The third kappa shape index (κ3) is 4.63. The zero-order valence-corrected chi connectivity index (χ0v) is 16.7. The number of hydrogen-bond donors (Lipinski definition) is 2. The van der Waals surface area contributed by atoms with Crippen molar-refractivity contribution in [1.82, 2.24) is 4.90 Å². The molecule has 3 rings (SSSR count). The summed E-state index contributed by atoms with van der Waals surface area (Å²) in [5, 5.41) is 13.8. The number of rotatable bonds is 4. The van der Waals surface area contributed by atoms with Crippen molar-refractivity contribution in [2.45, 2.75) is 33.1 Å². The van der Waals surface area contributed by atoms with Gasteiger partial charge in [-0.15, -0.1) is 0 Å². The van der Waals surface area contributed by atoms with E-state index in [1.807, 2.05) is 36.1 Å². The van der Waals surface area contributed by atoms with Crippen LogP contribution in [-0.4, -0.2) is 35.7 Å². The van der Waals surface area contributed by atoms with E-state index in [2.05, 4.69) is 24.4 Å². The second-order valence-corrected chi connectivity index (χ2v) is 8.11. The fraction of sp³-hybridized carbons (Fsp3) is 0.409. The Labute approximate surface area is 166 Å². The molecule has 4 nitrogen and oxygen atoms in total. The molecule has 2 aromatic carbocycles. The number of amides is 2. The maximum atomic E-state index is 12.8. The molecule has 5 heteroatoms. The average Bonchev–Trinajstić information content (AvgIpc) is 2.67. The van der Waals surface area contributed by atoms with Crippen molar-refractivity contribution in [3.63, 3.8) is 0 Å². The molecule has 1 heterocycles. The van der Waals surface area contributed by atoms with Gasteiger partial charge in [0.15, 0.2) is 0 Å². The van der Waals surface area contributed by atoms with E-state index in [1.165, 1.54) is 11.1 Å². The molecule has 0 spiro atoms. The van der Waals surface area contributed by atoms with Gasteiger partial charge in [0.25, 0.3) is 0 Å². The first kappa shape index (κ1) is 19.7. The van der Waals surface area contributed by atoms with Gasteiger partial charge in [-0.1, -0.05) is 41.9 Å². The van der Waals surface area contributed by atoms with Crippen LogP contribution < -0.4 is 5.32 Å². The molecule has 1 atom stereocenters. The van der Waals surface area contributed by atoms with E-state index >= 15 is 0 Å². The molecule has 2 N–H and O–H groups in total. The van der Waals surface area contributed by atoms with E-state index in [1.54, 1.807) is 6.07 Å². The van der Waals surface area contributed by atoms with Gasteiger partial charge < -0.3 is 15.3 Å². The highest BCUT2D eigenvalue weighted by molar-refractivity contribution is 6.31. The average molecular weight is 387 g/mol. The van der Waals surface area contributed by atoms with Gasteiger partial charge in [0.2, 0.25) is 0 Å². The minimum atomic E-state index is -0.301. The van der Waals surface area contributed by atoms with Crippen molar-refractivity contribution in [3.8, 4) is 0 Å². The van der Waals surface area contributed by atoms with E-state index in [9.17, 15) is 9.90 Å². The molecule has 1 aliphatic rings. The zero-order valence-electron chi connectivity index (χ0n) is 16.0. The standard InChI is InChI=1S/C22H27ClN2O2/c1-16-6-3-4-7-18(16)13-22(15-26)10-5-11-25(14-22)21(27)24-20-12-19(23)9-8-17(20)2/h3-4,6-9,12,26H,5,10-11,13-15H2,1-2H3,(H,24,27)/t22-/m0/s1. The van der Waals surface area contributed by atoms with Crippen LogP contribution in [0.25, 0.3) is 0 Å². The fourth-order valence-electron chi connectivity index (χ4n) is 3.85. The normalized spacial score (nSPS) is 19.8. The maximum Gasteiger partial charge on any atom is 0.321 e. The van der Waals surface area contributed by atoms with Crippen LogP contribution in [-0.2, 0) is 6.42 Å². The number of nitrogens with zero attached hydrogens (tertiary/aromatic N) is 1. The first-order chi connectivity index (χ1) is 12.9. The Morgan fingerprint density at radius 1 is 1.22 bits per heavy atom. The van der Waals surface area contributed by atoms with Crippen molar-refractivity contribution in [3.05, 3.63) is 64.2 Å². The maximum absolute atomic E-state index is 12.8. The van der Waals surface area contributed by atoms with E-state index in [0.29, 0.717) is 18.1 Å². The Morgan fingerprint density at radius 3 is 2.74 bits per heavy atom. The molecule has 0 aliphatic carbocycles. The number of aliphatic hydroxyl groups is 1. The highest BCUT2D eigenvalue weighted by Gasteiger charge is 2.37. The monoisotopic (exact) mass is 386 g/mol. The molecule has 1 saturated heterocycles. The van der Waals surface area contributed by atoms with Crippen molar-refractivity contribution in [2.24, 2.45) is 5.41 Å². The Morgan fingerprint density at radius 2 is 2.00 bits per heavy atom. The SMILES string of the molecule is Cc1ccccc1C[C@@]1(CO)CCCN(C(=O)Nc2cc(Cl)ccc2C)C1. The Kier molecular flexibility index (Phi) is 6.08. The van der Waals surface area contributed by atoms with Crippen LogP contribution in [0.15, 0.2) is 42.5 Å². The lowest BCUT2D eigenvalue weighted by Gasteiger charge is -2.42. The number of nitrogens with one attached hydrogen (secondary N) is 1. The molecule has 1 fully saturated rings. The number of carbonyl (C=O) groups is 1. The van der Waals surface area contributed by atoms with Gasteiger partial charge in [0, 0.05) is 29.2 Å². The quantitative estimate of drug-likeness (QED) is 0.792. The zero-order chi connectivity index (χ0) is 19.4. The van der Waals surface area contributed by atoms with Gasteiger partial charge in [0.05, 0.1) is 6.61 Å². The van der Waals surface area contributed by atoms with Crippen LogP contribution in [0.5, 0.6) is 0 Å². The lowest BCUT2D eigenvalue weighted by molar-refractivity contribution is 0.0499. The summed E-state index contributed by atoms with van der Waals surface area (Å²) in [6.45, 7) is 5.35. The number of hydrogen-bond acceptors (Lipinski definition) is 2. The molecule has 2 aromatic rings. The van der Waals surface area contributed by atoms with E-state index in [-0.39, 0.29) is 18.1 Å². The summed E-state index contributed by atoms with van der Waals surface area (Å²) < 4.78 is 0. The minimum Gasteiger partial charge on any atom is -0.396 e. The molecule has 0 radical (unpaired) electrons. The number of anilines is 1. The lowest BCUT2D eigenvalue weighted by atomic mass is 9.75. The second kappa shape index (κ2) is 8.32.